The molecule has 1 heterocycles. The van der Waals surface area contributed by atoms with Crippen molar-refractivity contribution in [3.05, 3.63) is 89.9 Å². The van der Waals surface area contributed by atoms with Gasteiger partial charge in [-0.1, -0.05) is 42.4 Å². The van der Waals surface area contributed by atoms with Crippen LogP contribution in [0.4, 0.5) is 5.69 Å². The summed E-state index contributed by atoms with van der Waals surface area (Å²) in [6.07, 6.45) is 0.239. The lowest BCUT2D eigenvalue weighted by Gasteiger charge is -2.47. The predicted octanol–water partition coefficient (Wildman–Crippen LogP) is 5.43. The van der Waals surface area contributed by atoms with Crippen LogP contribution < -0.4 is 14.4 Å². The van der Waals surface area contributed by atoms with Crippen LogP contribution >= 0.6 is 0 Å². The molecule has 154 valence electrons. The van der Waals surface area contributed by atoms with Crippen LogP contribution in [0.1, 0.15) is 35.5 Å². The number of aryl methyl sites for hydroxylation is 1. The van der Waals surface area contributed by atoms with Gasteiger partial charge in [-0.2, -0.15) is 0 Å². The predicted molar refractivity (Wildman–Crippen MR) is 119 cm³/mol. The zero-order valence-electron chi connectivity index (χ0n) is 21.1. The van der Waals surface area contributed by atoms with Crippen molar-refractivity contribution in [3.8, 4) is 11.5 Å². The van der Waals surface area contributed by atoms with E-state index in [1.54, 1.807) is 19.1 Å². The lowest BCUT2D eigenvalue weighted by molar-refractivity contribution is -0.130. The van der Waals surface area contributed by atoms with Crippen LogP contribution in [-0.2, 0) is 11.2 Å². The largest absolute Gasteiger partial charge is 0.497 e. The average Bonchev–Trinajstić information content (AvgIpc) is 2.85. The Morgan fingerprint density at radius 1 is 0.900 bits per heavy atom. The van der Waals surface area contributed by atoms with E-state index in [1.165, 1.54) is 12.1 Å². The van der Waals surface area contributed by atoms with Crippen molar-refractivity contribution in [1.29, 1.82) is 0 Å². The number of anilines is 1. The van der Waals surface area contributed by atoms with E-state index in [0.29, 0.717) is 24.2 Å². The lowest BCUT2D eigenvalue weighted by Crippen LogP contribution is -2.55. The van der Waals surface area contributed by atoms with Crippen molar-refractivity contribution in [2.45, 2.75) is 25.3 Å². The van der Waals surface area contributed by atoms with Crippen LogP contribution in [0.5, 0.6) is 11.5 Å². The Bertz CT molecular complexity index is 1140. The Morgan fingerprint density at radius 2 is 1.50 bits per heavy atom. The Hall–Kier alpha value is -3.27. The molecule has 4 rings (SSSR count). The molecule has 0 spiro atoms. The van der Waals surface area contributed by atoms with Crippen LogP contribution in [-0.4, -0.2) is 20.1 Å². The molecule has 1 saturated heterocycles. The molecule has 0 N–H and O–H groups in total. The van der Waals surface area contributed by atoms with Crippen molar-refractivity contribution in [3.63, 3.8) is 0 Å². The Kier molecular flexibility index (Phi) is 4.69. The van der Waals surface area contributed by atoms with Gasteiger partial charge < -0.3 is 14.4 Å². The third-order valence-electron chi connectivity index (χ3n) is 5.50. The number of benzene rings is 3. The second-order valence-corrected chi connectivity index (χ2v) is 7.21. The number of ether oxygens (including phenoxy) is 2. The maximum absolute atomic E-state index is 13.2. The monoisotopic (exact) mass is 409 g/mol. The number of carbonyl (C=O) groups excluding carboxylic acids is 1. The van der Waals surface area contributed by atoms with Crippen molar-refractivity contribution >= 4 is 11.6 Å². The standard InChI is InChI=1S/C26H27NO3/c1-29-22-15-11-20(12-16-22)25-24(10-6-9-19-7-4-3-5-8-19)26(28)27(25)21-13-17-23(30-2)18-14-21/h3-5,7-8,11-18,24-25H,6,9-10H2,1-2H3/t24-,25-/m1/s1/i3T,4T,5T,9T/t9?,24-,25-. The molecule has 30 heavy (non-hydrogen) atoms. The molecule has 1 aliphatic rings. The first-order valence-electron chi connectivity index (χ1n) is 12.0. The Balaban J connectivity index is 1.56. The molecule has 1 unspecified atom stereocenters. The topological polar surface area (TPSA) is 38.8 Å². The Labute approximate surface area is 183 Å². The van der Waals surface area contributed by atoms with Gasteiger partial charge in [0, 0.05) is 7.06 Å². The summed E-state index contributed by atoms with van der Waals surface area (Å²) in [5, 5.41) is 0. The molecular weight excluding hydrogens is 374 g/mol. The minimum Gasteiger partial charge on any atom is -0.497 e. The summed E-state index contributed by atoms with van der Waals surface area (Å²) in [4.78, 5) is 15.0. The highest BCUT2D eigenvalue weighted by Crippen LogP contribution is 2.46. The van der Waals surface area contributed by atoms with Crippen LogP contribution in [0.3, 0.4) is 0 Å². The van der Waals surface area contributed by atoms with Crippen molar-refractivity contribution < 1.29 is 19.8 Å². The van der Waals surface area contributed by atoms with E-state index in [1.807, 2.05) is 48.5 Å². The summed E-state index contributed by atoms with van der Waals surface area (Å²) >= 11 is 0. The van der Waals surface area contributed by atoms with E-state index in [9.17, 15) is 4.79 Å². The summed E-state index contributed by atoms with van der Waals surface area (Å²) < 4.78 is 42.4. The number of rotatable bonds is 8. The number of hydrogen-bond donors (Lipinski definition) is 0. The van der Waals surface area contributed by atoms with Gasteiger partial charge in [0.05, 0.1) is 30.3 Å². The van der Waals surface area contributed by atoms with E-state index < -0.39 is 6.40 Å². The van der Waals surface area contributed by atoms with Gasteiger partial charge >= 0.3 is 0 Å². The van der Waals surface area contributed by atoms with E-state index >= 15 is 0 Å². The fourth-order valence-electron chi connectivity index (χ4n) is 3.91. The fraction of sp³-hybridized carbons (Fsp3) is 0.269. The molecule has 1 aliphatic heterocycles. The van der Waals surface area contributed by atoms with Gasteiger partial charge in [0.2, 0.25) is 5.91 Å². The number of hydrogen-bond acceptors (Lipinski definition) is 3. The molecule has 4 heteroatoms. The van der Waals surface area contributed by atoms with Gasteiger partial charge in [0.25, 0.3) is 0 Å². The van der Waals surface area contributed by atoms with Crippen molar-refractivity contribution in [2.75, 3.05) is 19.1 Å². The van der Waals surface area contributed by atoms with E-state index in [-0.39, 0.29) is 36.0 Å². The van der Waals surface area contributed by atoms with Crippen molar-refractivity contribution in [1.82, 2.24) is 0 Å². The molecule has 0 saturated carbocycles. The smallest absolute Gasteiger partial charge is 0.233 e. The number of nitrogens with zero attached hydrogens (tertiary/aromatic N) is 1. The van der Waals surface area contributed by atoms with E-state index in [0.717, 1.165) is 17.0 Å². The summed E-state index contributed by atoms with van der Waals surface area (Å²) in [7, 11) is 3.21. The third-order valence-corrected chi connectivity index (χ3v) is 5.50. The molecule has 0 aliphatic carbocycles. The highest BCUT2D eigenvalue weighted by atomic mass is 16.5. The summed E-state index contributed by atoms with van der Waals surface area (Å²) in [6, 6.07) is 17.6. The normalized spacial score (nSPS) is 21.0. The van der Waals surface area contributed by atoms with Crippen molar-refractivity contribution in [2.24, 2.45) is 5.92 Å². The average molecular weight is 410 g/mol. The summed E-state index contributed by atoms with van der Waals surface area (Å²) in [5.74, 6) is 1.17. The quantitative estimate of drug-likeness (QED) is 0.466. The van der Waals surface area contributed by atoms with Gasteiger partial charge in [-0.25, -0.2) is 0 Å². The third kappa shape index (κ3) is 4.04. The molecular formula is C26H27NO3. The van der Waals surface area contributed by atoms with Gasteiger partial charge in [0.15, 0.2) is 0 Å². The summed E-state index contributed by atoms with van der Waals surface area (Å²) in [5.41, 5.74) is 2.31. The summed E-state index contributed by atoms with van der Waals surface area (Å²) in [6.45, 7) is 0. The zero-order valence-corrected chi connectivity index (χ0v) is 17.1. The fourth-order valence-corrected chi connectivity index (χ4v) is 3.91. The molecule has 0 bridgehead atoms. The zero-order chi connectivity index (χ0) is 24.4. The second-order valence-electron chi connectivity index (χ2n) is 7.21. The van der Waals surface area contributed by atoms with Crippen LogP contribution in [0.25, 0.3) is 0 Å². The molecule has 1 fully saturated rings. The highest BCUT2D eigenvalue weighted by molar-refractivity contribution is 6.03. The first-order valence-corrected chi connectivity index (χ1v) is 9.95. The molecule has 3 atom stereocenters. The number of methoxy groups -OCH3 is 2. The number of carbonyl (C=O) groups is 1. The SMILES string of the molecule is [3H]c1cc(C([3H])CC[C@H]2C(=O)N(c3ccc(OC)cc3)[C@@H]2c2ccc(OC)cc2)cc([3H])c1[3H]. The van der Waals surface area contributed by atoms with Gasteiger partial charge in [0.1, 0.15) is 11.5 Å². The van der Waals surface area contributed by atoms with E-state index in [2.05, 4.69) is 0 Å². The van der Waals surface area contributed by atoms with Gasteiger partial charge in [-0.15, -0.1) is 0 Å². The van der Waals surface area contributed by atoms with Gasteiger partial charge in [-0.3, -0.25) is 4.79 Å². The van der Waals surface area contributed by atoms with E-state index in [4.69, 9.17) is 15.0 Å². The van der Waals surface area contributed by atoms with Crippen LogP contribution in [0.15, 0.2) is 78.8 Å². The molecule has 3 aromatic carbocycles. The first-order chi connectivity index (χ1) is 16.3. The highest BCUT2D eigenvalue weighted by Gasteiger charge is 2.48. The number of amides is 1. The molecule has 1 amide bonds. The number of β-lactam (4-membered cyclic amide) rings is 1. The minimum absolute atomic E-state index is 0.00190. The maximum atomic E-state index is 13.2. The second kappa shape index (κ2) is 9.04. The molecule has 3 aromatic rings. The lowest BCUT2D eigenvalue weighted by atomic mass is 9.78. The first kappa shape index (κ1) is 15.6. The molecule has 0 radical (unpaired) electrons. The maximum Gasteiger partial charge on any atom is 0.233 e. The molecule has 4 nitrogen and oxygen atoms in total. The molecule has 0 aromatic heterocycles. The van der Waals surface area contributed by atoms with Crippen LogP contribution in [0.2, 0.25) is 0 Å². The van der Waals surface area contributed by atoms with Crippen LogP contribution in [0, 0.1) is 5.92 Å². The Morgan fingerprint density at radius 3 is 2.10 bits per heavy atom. The minimum atomic E-state index is -0.673. The van der Waals surface area contributed by atoms with Gasteiger partial charge in [-0.05, 0) is 66.8 Å².